The third-order valence-corrected chi connectivity index (χ3v) is 2.01. The summed E-state index contributed by atoms with van der Waals surface area (Å²) in [7, 11) is 0. The first-order valence-electron chi connectivity index (χ1n) is 4.47. The number of hydrogen-bond acceptors (Lipinski definition) is 2. The third-order valence-electron chi connectivity index (χ3n) is 2.01. The highest BCUT2D eigenvalue weighted by molar-refractivity contribution is 6.01. The van der Waals surface area contributed by atoms with Gasteiger partial charge in [-0.15, -0.1) is 6.58 Å². The van der Waals surface area contributed by atoms with Gasteiger partial charge in [-0.3, -0.25) is 4.79 Å². The Hall–Kier alpha value is -1.78. The summed E-state index contributed by atoms with van der Waals surface area (Å²) in [5.41, 5.74) is 4.49. The summed E-state index contributed by atoms with van der Waals surface area (Å²) >= 11 is 0. The van der Waals surface area contributed by atoms with Gasteiger partial charge in [0.05, 0.1) is 5.56 Å². The van der Waals surface area contributed by atoms with Crippen LogP contribution in [0.5, 0.6) is 0 Å². The van der Waals surface area contributed by atoms with Crippen LogP contribution in [0.1, 0.15) is 22.3 Å². The zero-order valence-corrected chi connectivity index (χ0v) is 8.34. The number of anilines is 1. The molecule has 0 aliphatic rings. The van der Waals surface area contributed by atoms with Crippen molar-refractivity contribution in [3.8, 4) is 0 Å². The van der Waals surface area contributed by atoms with Crippen molar-refractivity contribution >= 4 is 11.5 Å². The number of halogens is 3. The molecule has 0 atom stereocenters. The molecule has 0 saturated carbocycles. The first-order valence-corrected chi connectivity index (χ1v) is 4.47. The minimum Gasteiger partial charge on any atom is -0.398 e. The smallest absolute Gasteiger partial charge is 0.398 e. The Balaban J connectivity index is 3.18. The van der Waals surface area contributed by atoms with E-state index in [1.54, 1.807) is 0 Å². The second kappa shape index (κ2) is 4.38. The monoisotopic (exact) mass is 229 g/mol. The predicted octanol–water partition coefficient (Wildman–Crippen LogP) is 3.05. The molecule has 1 aromatic carbocycles. The first-order chi connectivity index (χ1) is 7.36. The highest BCUT2D eigenvalue weighted by Gasteiger charge is 2.31. The number of nitrogens with two attached hydrogens (primary N) is 1. The van der Waals surface area contributed by atoms with Crippen molar-refractivity contribution in [1.29, 1.82) is 0 Å². The second-order valence-corrected chi connectivity index (χ2v) is 3.22. The number of carbonyl (C=O) groups excluding carboxylic acids is 1. The summed E-state index contributed by atoms with van der Waals surface area (Å²) < 4.78 is 37.1. The van der Waals surface area contributed by atoms with Crippen molar-refractivity contribution in [2.24, 2.45) is 0 Å². The molecule has 0 aliphatic heterocycles. The molecule has 0 aliphatic carbocycles. The Morgan fingerprint density at radius 2 is 2.06 bits per heavy atom. The molecule has 1 aromatic rings. The molecule has 1 rings (SSSR count). The van der Waals surface area contributed by atoms with E-state index in [0.717, 1.165) is 18.2 Å². The summed E-state index contributed by atoms with van der Waals surface area (Å²) in [5, 5.41) is 0. The molecule has 0 amide bonds. The fourth-order valence-electron chi connectivity index (χ4n) is 1.22. The predicted molar refractivity (Wildman–Crippen MR) is 55.0 cm³/mol. The standard InChI is InChI=1S/C11H10F3NO/c1-2-3-10(16)8-6-7(11(12,13)14)4-5-9(8)15/h2,4-6H,1,3,15H2. The van der Waals surface area contributed by atoms with Crippen molar-refractivity contribution in [1.82, 2.24) is 0 Å². The van der Waals surface area contributed by atoms with Crippen LogP contribution < -0.4 is 5.73 Å². The van der Waals surface area contributed by atoms with Gasteiger partial charge in [-0.25, -0.2) is 0 Å². The maximum Gasteiger partial charge on any atom is 0.416 e. The molecule has 5 heteroatoms. The van der Waals surface area contributed by atoms with Crippen molar-refractivity contribution in [2.75, 3.05) is 5.73 Å². The number of carbonyl (C=O) groups is 1. The number of nitrogen functional groups attached to an aromatic ring is 1. The molecule has 2 nitrogen and oxygen atoms in total. The van der Waals surface area contributed by atoms with E-state index in [4.69, 9.17) is 5.73 Å². The van der Waals surface area contributed by atoms with Gasteiger partial charge in [0.25, 0.3) is 0 Å². The van der Waals surface area contributed by atoms with E-state index < -0.39 is 17.5 Å². The summed E-state index contributed by atoms with van der Waals surface area (Å²) in [4.78, 5) is 11.4. The van der Waals surface area contributed by atoms with Crippen LogP contribution in [0.3, 0.4) is 0 Å². The van der Waals surface area contributed by atoms with Gasteiger partial charge in [-0.2, -0.15) is 13.2 Å². The molecular formula is C11H10F3NO. The number of Topliss-reactive ketones (excluding diaryl/α,β-unsaturated/α-hetero) is 1. The molecule has 0 aromatic heterocycles. The molecule has 0 unspecified atom stereocenters. The molecular weight excluding hydrogens is 219 g/mol. The Morgan fingerprint density at radius 3 is 2.56 bits per heavy atom. The van der Waals surface area contributed by atoms with Crippen molar-refractivity contribution in [2.45, 2.75) is 12.6 Å². The minimum absolute atomic E-state index is 0.0362. The van der Waals surface area contributed by atoms with Gasteiger partial charge < -0.3 is 5.73 Å². The van der Waals surface area contributed by atoms with Gasteiger partial charge in [-0.1, -0.05) is 6.08 Å². The van der Waals surface area contributed by atoms with Crippen molar-refractivity contribution in [3.63, 3.8) is 0 Å². The van der Waals surface area contributed by atoms with Crippen LogP contribution in [-0.2, 0) is 6.18 Å². The average molecular weight is 229 g/mol. The molecule has 86 valence electrons. The normalized spacial score (nSPS) is 11.2. The van der Waals surface area contributed by atoms with Crippen molar-refractivity contribution < 1.29 is 18.0 Å². The average Bonchev–Trinajstić information content (AvgIpc) is 2.16. The molecule has 0 spiro atoms. The van der Waals surface area contributed by atoms with Gasteiger partial charge in [0, 0.05) is 17.7 Å². The molecule has 2 N–H and O–H groups in total. The molecule has 0 bridgehead atoms. The van der Waals surface area contributed by atoms with Gasteiger partial charge in [0.2, 0.25) is 0 Å². The minimum atomic E-state index is -4.48. The number of rotatable bonds is 3. The van der Waals surface area contributed by atoms with E-state index in [2.05, 4.69) is 6.58 Å². The Bertz CT molecular complexity index is 424. The zero-order chi connectivity index (χ0) is 12.3. The summed E-state index contributed by atoms with van der Waals surface area (Å²) in [5.74, 6) is -0.474. The lowest BCUT2D eigenvalue weighted by atomic mass is 10.0. The zero-order valence-electron chi connectivity index (χ0n) is 8.34. The summed E-state index contributed by atoms with van der Waals surface area (Å²) in [6.45, 7) is 3.34. The molecule has 0 fully saturated rings. The second-order valence-electron chi connectivity index (χ2n) is 3.22. The fraction of sp³-hybridized carbons (Fsp3) is 0.182. The number of allylic oxidation sites excluding steroid dienone is 1. The van der Waals surface area contributed by atoms with Crippen LogP contribution >= 0.6 is 0 Å². The van der Waals surface area contributed by atoms with E-state index in [1.165, 1.54) is 6.08 Å². The van der Waals surface area contributed by atoms with Gasteiger partial charge >= 0.3 is 6.18 Å². The number of ketones is 1. The number of alkyl halides is 3. The highest BCUT2D eigenvalue weighted by atomic mass is 19.4. The van der Waals surface area contributed by atoms with E-state index >= 15 is 0 Å². The van der Waals surface area contributed by atoms with Crippen LogP contribution in [-0.4, -0.2) is 5.78 Å². The topological polar surface area (TPSA) is 43.1 Å². The van der Waals surface area contributed by atoms with E-state index in [9.17, 15) is 18.0 Å². The number of hydrogen-bond donors (Lipinski definition) is 1. The lowest BCUT2D eigenvalue weighted by Gasteiger charge is -2.09. The number of benzene rings is 1. The molecule has 0 saturated heterocycles. The maximum atomic E-state index is 12.4. The summed E-state index contributed by atoms with van der Waals surface area (Å²) in [6.07, 6.45) is -3.19. The first kappa shape index (κ1) is 12.3. The Morgan fingerprint density at radius 1 is 1.44 bits per heavy atom. The van der Waals surface area contributed by atoms with E-state index in [0.29, 0.717) is 0 Å². The van der Waals surface area contributed by atoms with Crippen molar-refractivity contribution in [3.05, 3.63) is 42.0 Å². The van der Waals surface area contributed by atoms with Crippen LogP contribution in [0, 0.1) is 0 Å². The molecule has 0 heterocycles. The lowest BCUT2D eigenvalue weighted by molar-refractivity contribution is -0.137. The maximum absolute atomic E-state index is 12.4. The van der Waals surface area contributed by atoms with Crippen LogP contribution in [0.15, 0.2) is 30.9 Å². The Kier molecular flexibility index (Phi) is 3.37. The third kappa shape index (κ3) is 2.62. The van der Waals surface area contributed by atoms with E-state index in [-0.39, 0.29) is 17.7 Å². The van der Waals surface area contributed by atoms with Crippen LogP contribution in [0.4, 0.5) is 18.9 Å². The molecule has 0 radical (unpaired) electrons. The summed E-state index contributed by atoms with van der Waals surface area (Å²) in [6, 6.07) is 2.69. The van der Waals surface area contributed by atoms with Crippen LogP contribution in [0.25, 0.3) is 0 Å². The molecule has 16 heavy (non-hydrogen) atoms. The SMILES string of the molecule is C=CCC(=O)c1cc(C(F)(F)F)ccc1N. The largest absolute Gasteiger partial charge is 0.416 e. The quantitative estimate of drug-likeness (QED) is 0.491. The van der Waals surface area contributed by atoms with Gasteiger partial charge in [0.15, 0.2) is 5.78 Å². The van der Waals surface area contributed by atoms with E-state index in [1.807, 2.05) is 0 Å². The van der Waals surface area contributed by atoms with Gasteiger partial charge in [-0.05, 0) is 18.2 Å². The highest BCUT2D eigenvalue weighted by Crippen LogP contribution is 2.31. The fourth-order valence-corrected chi connectivity index (χ4v) is 1.22. The van der Waals surface area contributed by atoms with Crippen LogP contribution in [0.2, 0.25) is 0 Å². The van der Waals surface area contributed by atoms with Gasteiger partial charge in [0.1, 0.15) is 0 Å². The Labute approximate surface area is 90.6 Å². The lowest BCUT2D eigenvalue weighted by Crippen LogP contribution is -2.09.